The van der Waals surface area contributed by atoms with Crippen molar-refractivity contribution in [2.45, 2.75) is 45.7 Å². The Morgan fingerprint density at radius 2 is 2.20 bits per heavy atom. The largest absolute Gasteiger partial charge is 0.496 e. The first-order valence-electron chi connectivity index (χ1n) is 7.32. The molecule has 1 aliphatic heterocycles. The number of methoxy groups -OCH3 is 1. The lowest BCUT2D eigenvalue weighted by molar-refractivity contribution is 0.0911. The van der Waals surface area contributed by atoms with E-state index in [-0.39, 0.29) is 0 Å². The summed E-state index contributed by atoms with van der Waals surface area (Å²) >= 11 is 3.57. The normalized spacial score (nSPS) is 18.1. The average Bonchev–Trinajstić information content (AvgIpc) is 2.44. The molecule has 0 aliphatic carbocycles. The van der Waals surface area contributed by atoms with Crippen molar-refractivity contribution >= 4 is 15.9 Å². The van der Waals surface area contributed by atoms with Gasteiger partial charge in [-0.05, 0) is 61.3 Å². The molecule has 4 heteroatoms. The fraction of sp³-hybridized carbons (Fsp3) is 0.625. The van der Waals surface area contributed by atoms with E-state index in [1.807, 2.05) is 12.1 Å². The minimum atomic E-state index is 0.422. The second kappa shape index (κ2) is 6.81. The molecule has 0 radical (unpaired) electrons. The van der Waals surface area contributed by atoms with Crippen LogP contribution in [0, 0.1) is 0 Å². The van der Waals surface area contributed by atoms with E-state index in [9.17, 15) is 0 Å². The molecule has 1 aromatic rings. The standard InChI is InChI=1S/C16H24BrNO2/c1-5-8-18(11(2)3)12-9-13-15(19-4)7-6-14(17)16(13)20-10-12/h6-7,11-12H,5,8-10H2,1-4H3/t12-/m1/s1. The first-order valence-corrected chi connectivity index (χ1v) is 8.11. The number of hydrogen-bond donors (Lipinski definition) is 0. The Morgan fingerprint density at radius 1 is 1.45 bits per heavy atom. The van der Waals surface area contributed by atoms with Gasteiger partial charge in [0.15, 0.2) is 0 Å². The summed E-state index contributed by atoms with van der Waals surface area (Å²) in [6, 6.07) is 4.95. The van der Waals surface area contributed by atoms with Crippen LogP contribution in [-0.2, 0) is 6.42 Å². The molecular formula is C16H24BrNO2. The smallest absolute Gasteiger partial charge is 0.140 e. The molecule has 0 fully saturated rings. The van der Waals surface area contributed by atoms with Gasteiger partial charge in [-0.2, -0.15) is 0 Å². The van der Waals surface area contributed by atoms with E-state index in [1.54, 1.807) is 7.11 Å². The van der Waals surface area contributed by atoms with E-state index in [4.69, 9.17) is 9.47 Å². The lowest BCUT2D eigenvalue weighted by Gasteiger charge is -2.38. The van der Waals surface area contributed by atoms with E-state index in [1.165, 1.54) is 5.56 Å². The van der Waals surface area contributed by atoms with Gasteiger partial charge in [-0.3, -0.25) is 4.90 Å². The SMILES string of the molecule is CCCN(C(C)C)[C@H]1COc2c(Br)ccc(OC)c2C1. The molecule has 0 saturated carbocycles. The van der Waals surface area contributed by atoms with Crippen LogP contribution in [0.2, 0.25) is 0 Å². The van der Waals surface area contributed by atoms with Gasteiger partial charge in [-0.1, -0.05) is 6.92 Å². The number of ether oxygens (including phenoxy) is 2. The summed E-state index contributed by atoms with van der Waals surface area (Å²) in [5.41, 5.74) is 1.18. The Morgan fingerprint density at radius 3 is 2.80 bits per heavy atom. The van der Waals surface area contributed by atoms with Crippen molar-refractivity contribution in [2.75, 3.05) is 20.3 Å². The van der Waals surface area contributed by atoms with Gasteiger partial charge in [-0.25, -0.2) is 0 Å². The molecule has 2 rings (SSSR count). The van der Waals surface area contributed by atoms with E-state index < -0.39 is 0 Å². The third kappa shape index (κ3) is 3.12. The summed E-state index contributed by atoms with van der Waals surface area (Å²) in [5.74, 6) is 1.87. The number of hydrogen-bond acceptors (Lipinski definition) is 3. The van der Waals surface area contributed by atoms with Gasteiger partial charge in [-0.15, -0.1) is 0 Å². The molecule has 1 aromatic carbocycles. The van der Waals surface area contributed by atoms with Gasteiger partial charge in [0, 0.05) is 17.6 Å². The molecule has 0 N–H and O–H groups in total. The minimum Gasteiger partial charge on any atom is -0.496 e. The van der Waals surface area contributed by atoms with Crippen LogP contribution in [0.3, 0.4) is 0 Å². The summed E-state index contributed by atoms with van der Waals surface area (Å²) < 4.78 is 12.5. The monoisotopic (exact) mass is 341 g/mol. The third-order valence-corrected chi connectivity index (χ3v) is 4.49. The van der Waals surface area contributed by atoms with Gasteiger partial charge in [0.1, 0.15) is 18.1 Å². The van der Waals surface area contributed by atoms with Crippen molar-refractivity contribution in [2.24, 2.45) is 0 Å². The molecule has 112 valence electrons. The number of benzene rings is 1. The summed E-state index contributed by atoms with van der Waals surface area (Å²) in [4.78, 5) is 2.53. The lowest BCUT2D eigenvalue weighted by atomic mass is 9.99. The predicted octanol–water partition coefficient (Wildman–Crippen LogP) is 3.88. The maximum atomic E-state index is 6.02. The highest BCUT2D eigenvalue weighted by atomic mass is 79.9. The molecule has 0 saturated heterocycles. The maximum Gasteiger partial charge on any atom is 0.140 e. The molecule has 3 nitrogen and oxygen atoms in total. The topological polar surface area (TPSA) is 21.7 Å². The molecule has 0 bridgehead atoms. The zero-order valence-corrected chi connectivity index (χ0v) is 14.4. The van der Waals surface area contributed by atoms with E-state index in [0.29, 0.717) is 12.1 Å². The third-order valence-electron chi connectivity index (χ3n) is 3.86. The van der Waals surface area contributed by atoms with Gasteiger partial charge in [0.05, 0.1) is 11.6 Å². The highest BCUT2D eigenvalue weighted by Gasteiger charge is 2.29. The van der Waals surface area contributed by atoms with E-state index in [2.05, 4.69) is 41.6 Å². The molecule has 20 heavy (non-hydrogen) atoms. The highest BCUT2D eigenvalue weighted by molar-refractivity contribution is 9.10. The Labute approximate surface area is 130 Å². The predicted molar refractivity (Wildman–Crippen MR) is 85.8 cm³/mol. The minimum absolute atomic E-state index is 0.422. The van der Waals surface area contributed by atoms with Gasteiger partial charge < -0.3 is 9.47 Å². The zero-order valence-electron chi connectivity index (χ0n) is 12.8. The molecule has 0 amide bonds. The van der Waals surface area contributed by atoms with Crippen LogP contribution >= 0.6 is 15.9 Å². The first kappa shape index (κ1) is 15.6. The molecule has 0 spiro atoms. The van der Waals surface area contributed by atoms with Crippen molar-refractivity contribution < 1.29 is 9.47 Å². The Balaban J connectivity index is 2.27. The van der Waals surface area contributed by atoms with Gasteiger partial charge >= 0.3 is 0 Å². The average molecular weight is 342 g/mol. The Bertz CT molecular complexity index is 462. The summed E-state index contributed by atoms with van der Waals surface area (Å²) in [6.07, 6.45) is 2.15. The molecule has 1 atom stereocenters. The summed E-state index contributed by atoms with van der Waals surface area (Å²) in [5, 5.41) is 0. The van der Waals surface area contributed by atoms with Gasteiger partial charge in [0.2, 0.25) is 0 Å². The van der Waals surface area contributed by atoms with Crippen LogP contribution in [0.1, 0.15) is 32.8 Å². The van der Waals surface area contributed by atoms with Gasteiger partial charge in [0.25, 0.3) is 0 Å². The van der Waals surface area contributed by atoms with Crippen LogP contribution in [0.5, 0.6) is 11.5 Å². The Kier molecular flexibility index (Phi) is 5.33. The molecule has 1 aliphatic rings. The van der Waals surface area contributed by atoms with Crippen LogP contribution in [-0.4, -0.2) is 37.2 Å². The first-order chi connectivity index (χ1) is 9.58. The molecule has 0 aromatic heterocycles. The van der Waals surface area contributed by atoms with E-state index in [0.717, 1.165) is 42.0 Å². The van der Waals surface area contributed by atoms with Crippen LogP contribution in [0.15, 0.2) is 16.6 Å². The van der Waals surface area contributed by atoms with Crippen molar-refractivity contribution in [3.63, 3.8) is 0 Å². The number of nitrogens with zero attached hydrogens (tertiary/aromatic N) is 1. The van der Waals surface area contributed by atoms with Crippen molar-refractivity contribution in [3.05, 3.63) is 22.2 Å². The second-order valence-corrected chi connectivity index (χ2v) is 6.41. The van der Waals surface area contributed by atoms with Crippen molar-refractivity contribution in [1.29, 1.82) is 0 Å². The fourth-order valence-electron chi connectivity index (χ4n) is 2.93. The van der Waals surface area contributed by atoms with Crippen LogP contribution in [0.25, 0.3) is 0 Å². The van der Waals surface area contributed by atoms with Crippen molar-refractivity contribution in [3.8, 4) is 11.5 Å². The fourth-order valence-corrected chi connectivity index (χ4v) is 3.42. The summed E-state index contributed by atoms with van der Waals surface area (Å²) in [6.45, 7) is 8.59. The number of halogens is 1. The highest BCUT2D eigenvalue weighted by Crippen LogP contribution is 2.39. The maximum absolute atomic E-state index is 6.02. The Hall–Kier alpha value is -0.740. The quantitative estimate of drug-likeness (QED) is 0.811. The number of fused-ring (bicyclic) bond motifs is 1. The molecular weight excluding hydrogens is 318 g/mol. The van der Waals surface area contributed by atoms with E-state index >= 15 is 0 Å². The van der Waals surface area contributed by atoms with Crippen molar-refractivity contribution in [1.82, 2.24) is 4.90 Å². The lowest BCUT2D eigenvalue weighted by Crippen LogP contribution is -2.47. The molecule has 1 heterocycles. The summed E-state index contributed by atoms with van der Waals surface area (Å²) in [7, 11) is 1.72. The van der Waals surface area contributed by atoms with Crippen LogP contribution in [0.4, 0.5) is 0 Å². The van der Waals surface area contributed by atoms with Crippen LogP contribution < -0.4 is 9.47 Å². The number of rotatable bonds is 5. The zero-order chi connectivity index (χ0) is 14.7. The molecule has 0 unspecified atom stereocenters. The second-order valence-electron chi connectivity index (χ2n) is 5.56.